The molecule has 1 saturated heterocycles. The van der Waals surface area contributed by atoms with Crippen molar-refractivity contribution in [1.29, 1.82) is 0 Å². The molecule has 1 heterocycles. The number of carbonyl (C=O) groups is 1. The molecule has 0 spiro atoms. The average Bonchev–Trinajstić information content (AvgIpc) is 3.25. The van der Waals surface area contributed by atoms with E-state index in [1.54, 1.807) is 0 Å². The van der Waals surface area contributed by atoms with Gasteiger partial charge in [-0.25, -0.2) is 21.6 Å². The second-order valence-electron chi connectivity index (χ2n) is 8.91. The van der Waals surface area contributed by atoms with Crippen LogP contribution in [0.3, 0.4) is 0 Å². The Kier molecular flexibility index (Phi) is 7.77. The Balaban J connectivity index is 1.68. The van der Waals surface area contributed by atoms with Gasteiger partial charge in [0.25, 0.3) is 0 Å². The maximum absolute atomic E-state index is 13.1. The van der Waals surface area contributed by atoms with Gasteiger partial charge in [0.2, 0.25) is 26.0 Å². The minimum Gasteiger partial charge on any atom is -0.353 e. The van der Waals surface area contributed by atoms with E-state index in [0.717, 1.165) is 25.7 Å². The number of rotatable bonds is 8. The van der Waals surface area contributed by atoms with Crippen molar-refractivity contribution in [3.63, 3.8) is 0 Å². The van der Waals surface area contributed by atoms with Crippen LogP contribution in [0.2, 0.25) is 0 Å². The standard InChI is InChI=1S/C21H33N3O5S2/c1-16(2)14-22-30(26,27)19-9-11-20(12-10-19)31(28,29)24-13-5-6-17(15-24)21(25)23-18-7-3-4-8-18/h9-12,16-18,22H,3-8,13-15H2,1-2H3,(H,23,25)/t17-/m0/s1. The van der Waals surface area contributed by atoms with Gasteiger partial charge in [0.1, 0.15) is 0 Å². The second-order valence-corrected chi connectivity index (χ2v) is 12.6. The molecule has 2 aliphatic rings. The van der Waals surface area contributed by atoms with Crippen molar-refractivity contribution < 1.29 is 21.6 Å². The Labute approximate surface area is 185 Å². The lowest BCUT2D eigenvalue weighted by atomic mass is 9.98. The zero-order valence-corrected chi connectivity index (χ0v) is 19.8. The molecule has 10 heteroatoms. The average molecular weight is 472 g/mol. The highest BCUT2D eigenvalue weighted by molar-refractivity contribution is 7.89. The number of nitrogens with one attached hydrogen (secondary N) is 2. The topological polar surface area (TPSA) is 113 Å². The molecule has 2 fully saturated rings. The Bertz CT molecular complexity index is 969. The molecule has 31 heavy (non-hydrogen) atoms. The lowest BCUT2D eigenvalue weighted by Gasteiger charge is -2.31. The van der Waals surface area contributed by atoms with Crippen LogP contribution in [0.25, 0.3) is 0 Å². The fourth-order valence-corrected chi connectivity index (χ4v) is 6.80. The van der Waals surface area contributed by atoms with Gasteiger partial charge in [0.05, 0.1) is 15.7 Å². The molecule has 1 atom stereocenters. The van der Waals surface area contributed by atoms with Crippen molar-refractivity contribution in [2.45, 2.75) is 68.2 Å². The number of carbonyl (C=O) groups excluding carboxylic acids is 1. The minimum absolute atomic E-state index is 0.0274. The van der Waals surface area contributed by atoms with E-state index in [-0.39, 0.29) is 40.1 Å². The molecule has 8 nitrogen and oxygen atoms in total. The maximum atomic E-state index is 13.1. The molecule has 174 valence electrons. The van der Waals surface area contributed by atoms with Gasteiger partial charge in [-0.3, -0.25) is 4.79 Å². The molecule has 1 aliphatic carbocycles. The number of hydrogen-bond donors (Lipinski definition) is 2. The van der Waals surface area contributed by atoms with Gasteiger partial charge in [-0.2, -0.15) is 4.31 Å². The number of hydrogen-bond acceptors (Lipinski definition) is 5. The van der Waals surface area contributed by atoms with Gasteiger partial charge in [-0.1, -0.05) is 26.7 Å². The van der Waals surface area contributed by atoms with Crippen molar-refractivity contribution in [3.8, 4) is 0 Å². The zero-order chi connectivity index (χ0) is 22.6. The van der Waals surface area contributed by atoms with Crippen molar-refractivity contribution in [2.75, 3.05) is 19.6 Å². The number of nitrogens with zero attached hydrogens (tertiary/aromatic N) is 1. The van der Waals surface area contributed by atoms with E-state index in [2.05, 4.69) is 10.0 Å². The van der Waals surface area contributed by atoms with E-state index in [1.807, 2.05) is 13.8 Å². The van der Waals surface area contributed by atoms with Crippen LogP contribution in [0, 0.1) is 11.8 Å². The van der Waals surface area contributed by atoms with Crippen molar-refractivity contribution in [1.82, 2.24) is 14.3 Å². The van der Waals surface area contributed by atoms with Crippen LogP contribution in [0.1, 0.15) is 52.4 Å². The first-order valence-electron chi connectivity index (χ1n) is 11.0. The summed E-state index contributed by atoms with van der Waals surface area (Å²) in [5, 5.41) is 3.07. The molecular weight excluding hydrogens is 438 g/mol. The Hall–Kier alpha value is -1.49. The summed E-state index contributed by atoms with van der Waals surface area (Å²) in [6, 6.07) is 5.47. The number of piperidine rings is 1. The SMILES string of the molecule is CC(C)CNS(=O)(=O)c1ccc(S(=O)(=O)N2CCC[C@H](C(=O)NC3CCCC3)C2)cc1. The van der Waals surface area contributed by atoms with Gasteiger partial charge < -0.3 is 5.32 Å². The summed E-state index contributed by atoms with van der Waals surface area (Å²) in [6.07, 6.45) is 5.50. The number of sulfonamides is 2. The second kappa shape index (κ2) is 9.97. The third-order valence-corrected chi connectivity index (χ3v) is 9.23. The van der Waals surface area contributed by atoms with E-state index in [4.69, 9.17) is 0 Å². The zero-order valence-electron chi connectivity index (χ0n) is 18.2. The largest absolute Gasteiger partial charge is 0.353 e. The van der Waals surface area contributed by atoms with Crippen LogP contribution in [0.5, 0.6) is 0 Å². The Morgan fingerprint density at radius 3 is 2.23 bits per heavy atom. The predicted octanol–water partition coefficient (Wildman–Crippen LogP) is 2.08. The van der Waals surface area contributed by atoms with Crippen LogP contribution in [0.15, 0.2) is 34.1 Å². The van der Waals surface area contributed by atoms with E-state index in [1.165, 1.54) is 28.6 Å². The third kappa shape index (κ3) is 6.06. The van der Waals surface area contributed by atoms with E-state index >= 15 is 0 Å². The predicted molar refractivity (Wildman–Crippen MR) is 118 cm³/mol. The minimum atomic E-state index is -3.81. The monoisotopic (exact) mass is 471 g/mol. The molecule has 3 rings (SSSR count). The summed E-state index contributed by atoms with van der Waals surface area (Å²) < 4.78 is 54.8. The fourth-order valence-electron chi connectivity index (χ4n) is 4.06. The highest BCUT2D eigenvalue weighted by atomic mass is 32.2. The molecule has 1 aromatic carbocycles. The van der Waals surface area contributed by atoms with Crippen LogP contribution in [-0.2, 0) is 24.8 Å². The normalized spacial score (nSPS) is 21.5. The summed E-state index contributed by atoms with van der Waals surface area (Å²) in [5.41, 5.74) is 0. The molecule has 0 radical (unpaired) electrons. The van der Waals surface area contributed by atoms with Crippen LogP contribution >= 0.6 is 0 Å². The Morgan fingerprint density at radius 1 is 1.00 bits per heavy atom. The van der Waals surface area contributed by atoms with Gasteiger partial charge in [-0.05, 0) is 55.9 Å². The maximum Gasteiger partial charge on any atom is 0.243 e. The van der Waals surface area contributed by atoms with Crippen molar-refractivity contribution in [3.05, 3.63) is 24.3 Å². The van der Waals surface area contributed by atoms with Crippen LogP contribution in [0.4, 0.5) is 0 Å². The summed E-state index contributed by atoms with van der Waals surface area (Å²) >= 11 is 0. The summed E-state index contributed by atoms with van der Waals surface area (Å²) in [5.74, 6) is -0.263. The Morgan fingerprint density at radius 2 is 1.61 bits per heavy atom. The highest BCUT2D eigenvalue weighted by Crippen LogP contribution is 2.26. The molecule has 1 aromatic rings. The fraction of sp³-hybridized carbons (Fsp3) is 0.667. The lowest BCUT2D eigenvalue weighted by molar-refractivity contribution is -0.126. The van der Waals surface area contributed by atoms with Gasteiger partial charge >= 0.3 is 0 Å². The molecule has 1 amide bonds. The number of benzene rings is 1. The molecular formula is C21H33N3O5S2. The third-order valence-electron chi connectivity index (χ3n) is 5.91. The number of amides is 1. The highest BCUT2D eigenvalue weighted by Gasteiger charge is 2.34. The smallest absolute Gasteiger partial charge is 0.243 e. The first kappa shape index (κ1) is 24.2. The quantitative estimate of drug-likeness (QED) is 0.603. The van der Waals surface area contributed by atoms with E-state index in [9.17, 15) is 21.6 Å². The van der Waals surface area contributed by atoms with Crippen LogP contribution in [-0.4, -0.2) is 52.7 Å². The molecule has 0 aromatic heterocycles. The summed E-state index contributed by atoms with van der Waals surface area (Å²) in [6.45, 7) is 4.61. The van der Waals surface area contributed by atoms with Crippen molar-refractivity contribution >= 4 is 26.0 Å². The molecule has 0 unspecified atom stereocenters. The molecule has 2 N–H and O–H groups in total. The summed E-state index contributed by atoms with van der Waals surface area (Å²) in [4.78, 5) is 12.7. The van der Waals surface area contributed by atoms with Crippen molar-refractivity contribution in [2.24, 2.45) is 11.8 Å². The van der Waals surface area contributed by atoms with E-state index < -0.39 is 20.0 Å². The van der Waals surface area contributed by atoms with Gasteiger partial charge in [0.15, 0.2) is 0 Å². The van der Waals surface area contributed by atoms with Gasteiger partial charge in [-0.15, -0.1) is 0 Å². The van der Waals surface area contributed by atoms with E-state index in [0.29, 0.717) is 25.9 Å². The van der Waals surface area contributed by atoms with Gasteiger partial charge in [0, 0.05) is 25.7 Å². The molecule has 1 aliphatic heterocycles. The summed E-state index contributed by atoms with van der Waals surface area (Å²) in [7, 11) is -7.49. The molecule has 0 bridgehead atoms. The van der Waals surface area contributed by atoms with Crippen LogP contribution < -0.4 is 10.0 Å². The first-order chi connectivity index (χ1) is 14.6. The molecule has 1 saturated carbocycles. The lowest BCUT2D eigenvalue weighted by Crippen LogP contribution is -2.47. The first-order valence-corrected chi connectivity index (χ1v) is 13.9.